The monoisotopic (exact) mass is 302 g/mol. The van der Waals surface area contributed by atoms with Gasteiger partial charge in [0, 0.05) is 38.3 Å². The molecule has 0 atom stereocenters. The third kappa shape index (κ3) is 3.53. The molecule has 1 amide bonds. The zero-order valence-electron chi connectivity index (χ0n) is 10.5. The van der Waals surface area contributed by atoms with Gasteiger partial charge in [0.15, 0.2) is 0 Å². The summed E-state index contributed by atoms with van der Waals surface area (Å²) in [5.41, 5.74) is 0.966. The van der Waals surface area contributed by atoms with Gasteiger partial charge in [0.2, 0.25) is 5.91 Å². The maximum absolute atomic E-state index is 11.8. The summed E-state index contributed by atoms with van der Waals surface area (Å²) >= 11 is 11.9. The minimum atomic E-state index is -0.00148. The number of carbonyl (C=O) groups excluding carboxylic acids is 1. The molecule has 0 spiro atoms. The molecule has 1 aliphatic rings. The van der Waals surface area contributed by atoms with Crippen molar-refractivity contribution < 1.29 is 9.90 Å². The summed E-state index contributed by atoms with van der Waals surface area (Å²) in [6.45, 7) is 2.38. The minimum absolute atomic E-state index is 0.00148. The number of rotatable bonds is 3. The second-order valence-corrected chi connectivity index (χ2v) is 5.25. The Kier molecular flexibility index (Phi) is 4.91. The lowest BCUT2D eigenvalue weighted by atomic mass is 10.2. The van der Waals surface area contributed by atoms with E-state index in [1.807, 2.05) is 12.1 Å². The van der Waals surface area contributed by atoms with Gasteiger partial charge in [0.1, 0.15) is 0 Å². The van der Waals surface area contributed by atoms with Gasteiger partial charge < -0.3 is 14.9 Å². The van der Waals surface area contributed by atoms with Gasteiger partial charge in [-0.1, -0.05) is 23.2 Å². The third-order valence-electron chi connectivity index (χ3n) is 3.23. The number of anilines is 1. The van der Waals surface area contributed by atoms with Crippen LogP contribution in [0, 0.1) is 0 Å². The number of aliphatic hydroxyl groups excluding tert-OH is 1. The number of aliphatic hydroxyl groups is 1. The van der Waals surface area contributed by atoms with Crippen LogP contribution in [0.1, 0.15) is 6.42 Å². The molecule has 1 aliphatic heterocycles. The van der Waals surface area contributed by atoms with Crippen LogP contribution in [-0.2, 0) is 4.79 Å². The summed E-state index contributed by atoms with van der Waals surface area (Å²) in [6.07, 6.45) is 0.445. The highest BCUT2D eigenvalue weighted by molar-refractivity contribution is 6.42. The fraction of sp³-hybridized carbons (Fsp3) is 0.462. The van der Waals surface area contributed by atoms with E-state index in [9.17, 15) is 4.79 Å². The highest BCUT2D eigenvalue weighted by atomic mass is 35.5. The average Bonchev–Trinajstić information content (AvgIpc) is 2.57. The Hall–Kier alpha value is -0.970. The van der Waals surface area contributed by atoms with E-state index in [0.29, 0.717) is 36.1 Å². The molecule has 0 saturated carbocycles. The molecule has 0 unspecified atom stereocenters. The Balaban J connectivity index is 2.09. The summed E-state index contributed by atoms with van der Waals surface area (Å²) in [7, 11) is 0. The van der Waals surface area contributed by atoms with Gasteiger partial charge in [0.05, 0.1) is 16.7 Å². The lowest BCUT2D eigenvalue weighted by Crippen LogP contribution is -2.35. The van der Waals surface area contributed by atoms with Gasteiger partial charge >= 0.3 is 0 Å². The first-order valence-corrected chi connectivity index (χ1v) is 6.96. The predicted molar refractivity (Wildman–Crippen MR) is 77.0 cm³/mol. The van der Waals surface area contributed by atoms with Crippen LogP contribution in [0.5, 0.6) is 0 Å². The number of amides is 1. The lowest BCUT2D eigenvalue weighted by Gasteiger charge is -2.23. The van der Waals surface area contributed by atoms with Gasteiger partial charge in [-0.3, -0.25) is 4.79 Å². The Bertz CT molecular complexity index is 468. The predicted octanol–water partition coefficient (Wildman–Crippen LogP) is 2.02. The van der Waals surface area contributed by atoms with Crippen molar-refractivity contribution in [2.24, 2.45) is 0 Å². The summed E-state index contributed by atoms with van der Waals surface area (Å²) < 4.78 is 0. The van der Waals surface area contributed by atoms with Crippen molar-refractivity contribution in [3.05, 3.63) is 28.2 Å². The quantitative estimate of drug-likeness (QED) is 0.929. The third-order valence-corrected chi connectivity index (χ3v) is 3.97. The number of hydrogen-bond acceptors (Lipinski definition) is 3. The molecule has 104 valence electrons. The number of nitrogens with zero attached hydrogens (tertiary/aromatic N) is 2. The fourth-order valence-corrected chi connectivity index (χ4v) is 2.46. The molecular formula is C13H16Cl2N2O2. The standard InChI is InChI=1S/C13H16Cl2N2O2/c14-11-2-1-10(9-12(11)15)16-4-3-13(19)17(6-5-16)7-8-18/h1-2,9,18H,3-8H2. The van der Waals surface area contributed by atoms with Crippen molar-refractivity contribution >= 4 is 34.8 Å². The molecule has 2 rings (SSSR count). The molecule has 0 bridgehead atoms. The Morgan fingerprint density at radius 3 is 2.63 bits per heavy atom. The largest absolute Gasteiger partial charge is 0.395 e. The molecule has 1 heterocycles. The van der Waals surface area contributed by atoms with Crippen molar-refractivity contribution in [2.45, 2.75) is 6.42 Å². The van der Waals surface area contributed by atoms with Crippen LogP contribution in [0.2, 0.25) is 10.0 Å². The van der Waals surface area contributed by atoms with Crippen LogP contribution < -0.4 is 4.90 Å². The van der Waals surface area contributed by atoms with E-state index in [-0.39, 0.29) is 12.5 Å². The molecule has 1 N–H and O–H groups in total. The molecule has 4 nitrogen and oxygen atoms in total. The fourth-order valence-electron chi connectivity index (χ4n) is 2.16. The van der Waals surface area contributed by atoms with Gasteiger partial charge in [0.25, 0.3) is 0 Å². The van der Waals surface area contributed by atoms with Crippen LogP contribution in [0.3, 0.4) is 0 Å². The van der Waals surface area contributed by atoms with Crippen LogP contribution in [0.25, 0.3) is 0 Å². The van der Waals surface area contributed by atoms with Gasteiger partial charge in [-0.25, -0.2) is 0 Å². The number of hydrogen-bond donors (Lipinski definition) is 1. The van der Waals surface area contributed by atoms with Crippen LogP contribution >= 0.6 is 23.2 Å². The molecule has 1 aromatic rings. The van der Waals surface area contributed by atoms with Crippen molar-refractivity contribution in [3.63, 3.8) is 0 Å². The lowest BCUT2D eigenvalue weighted by molar-refractivity contribution is -0.130. The summed E-state index contributed by atoms with van der Waals surface area (Å²) in [4.78, 5) is 15.6. The molecule has 1 aromatic carbocycles. The first kappa shape index (κ1) is 14.4. The second kappa shape index (κ2) is 6.46. The number of carbonyl (C=O) groups is 1. The van der Waals surface area contributed by atoms with Crippen LogP contribution in [0.15, 0.2) is 18.2 Å². The highest BCUT2D eigenvalue weighted by Gasteiger charge is 2.20. The molecule has 0 radical (unpaired) electrons. The Morgan fingerprint density at radius 1 is 1.16 bits per heavy atom. The van der Waals surface area contributed by atoms with Crippen molar-refractivity contribution in [1.29, 1.82) is 0 Å². The molecule has 6 heteroatoms. The van der Waals surface area contributed by atoms with E-state index in [0.717, 1.165) is 12.2 Å². The van der Waals surface area contributed by atoms with Crippen molar-refractivity contribution in [1.82, 2.24) is 4.90 Å². The molecule has 19 heavy (non-hydrogen) atoms. The molecule has 0 aliphatic carbocycles. The highest BCUT2D eigenvalue weighted by Crippen LogP contribution is 2.27. The molecule has 1 fully saturated rings. The van der Waals surface area contributed by atoms with Crippen molar-refractivity contribution in [2.75, 3.05) is 37.7 Å². The molecule has 0 aromatic heterocycles. The van der Waals surface area contributed by atoms with Crippen LogP contribution in [-0.4, -0.2) is 48.7 Å². The van der Waals surface area contributed by atoms with E-state index < -0.39 is 0 Å². The number of β-amino-alcohol motifs (C(OH)–C–C–N with tert-alkyl or cyclic N) is 1. The maximum Gasteiger partial charge on any atom is 0.224 e. The average molecular weight is 303 g/mol. The summed E-state index contributed by atoms with van der Waals surface area (Å²) in [5.74, 6) is 0.0802. The zero-order valence-corrected chi connectivity index (χ0v) is 12.0. The van der Waals surface area contributed by atoms with Crippen LogP contribution in [0.4, 0.5) is 5.69 Å². The van der Waals surface area contributed by atoms with E-state index in [4.69, 9.17) is 28.3 Å². The number of benzene rings is 1. The second-order valence-electron chi connectivity index (χ2n) is 4.44. The SMILES string of the molecule is O=C1CCN(c2ccc(Cl)c(Cl)c2)CCN1CCO. The topological polar surface area (TPSA) is 43.8 Å². The van der Waals surface area contributed by atoms with E-state index >= 15 is 0 Å². The normalized spacial score (nSPS) is 16.7. The summed E-state index contributed by atoms with van der Waals surface area (Å²) in [5, 5.41) is 9.98. The van der Waals surface area contributed by atoms with E-state index in [1.165, 1.54) is 0 Å². The Morgan fingerprint density at radius 2 is 1.95 bits per heavy atom. The maximum atomic E-state index is 11.8. The molecule has 1 saturated heterocycles. The first-order chi connectivity index (χ1) is 9.11. The van der Waals surface area contributed by atoms with Crippen molar-refractivity contribution in [3.8, 4) is 0 Å². The van der Waals surface area contributed by atoms with Gasteiger partial charge in [-0.15, -0.1) is 0 Å². The smallest absolute Gasteiger partial charge is 0.224 e. The van der Waals surface area contributed by atoms with E-state index in [1.54, 1.807) is 11.0 Å². The summed E-state index contributed by atoms with van der Waals surface area (Å²) in [6, 6.07) is 5.48. The molecular weight excluding hydrogens is 287 g/mol. The number of halogens is 2. The minimum Gasteiger partial charge on any atom is -0.395 e. The Labute approximate surface area is 122 Å². The van der Waals surface area contributed by atoms with E-state index in [2.05, 4.69) is 4.90 Å². The van der Waals surface area contributed by atoms with Gasteiger partial charge in [-0.2, -0.15) is 0 Å². The zero-order chi connectivity index (χ0) is 13.8. The van der Waals surface area contributed by atoms with Gasteiger partial charge in [-0.05, 0) is 18.2 Å². The first-order valence-electron chi connectivity index (χ1n) is 6.20.